The van der Waals surface area contributed by atoms with Crippen LogP contribution in [-0.2, 0) is 13.1 Å². The van der Waals surface area contributed by atoms with Crippen molar-refractivity contribution in [3.8, 4) is 22.4 Å². The Morgan fingerprint density at radius 3 is 2.42 bits per heavy atom. The highest BCUT2D eigenvalue weighted by atomic mass is 19.1. The van der Waals surface area contributed by atoms with Crippen molar-refractivity contribution in [1.82, 2.24) is 9.78 Å². The molecule has 2 aromatic carbocycles. The second-order valence-corrected chi connectivity index (χ2v) is 6.40. The molecule has 0 atom stereocenters. The highest BCUT2D eigenvalue weighted by Crippen LogP contribution is 2.29. The van der Waals surface area contributed by atoms with Crippen LogP contribution in [0.3, 0.4) is 0 Å². The fourth-order valence-corrected chi connectivity index (χ4v) is 2.80. The van der Waals surface area contributed by atoms with Gasteiger partial charge in [-0.3, -0.25) is 4.68 Å². The summed E-state index contributed by atoms with van der Waals surface area (Å²) in [6.45, 7) is 5.68. The molecule has 124 valence electrons. The zero-order valence-corrected chi connectivity index (χ0v) is 14.0. The maximum absolute atomic E-state index is 13.1. The van der Waals surface area contributed by atoms with E-state index in [-0.39, 0.29) is 5.82 Å². The molecule has 0 amide bonds. The lowest BCUT2D eigenvalue weighted by Crippen LogP contribution is -2.05. The lowest BCUT2D eigenvalue weighted by Gasteiger charge is -2.10. The van der Waals surface area contributed by atoms with Gasteiger partial charge >= 0.3 is 0 Å². The molecule has 3 aromatic rings. The molecular weight excluding hydrogens is 301 g/mol. The third kappa shape index (κ3) is 3.54. The fraction of sp³-hybridized carbons (Fsp3) is 0.250. The third-order valence-corrected chi connectivity index (χ3v) is 3.98. The van der Waals surface area contributed by atoms with Gasteiger partial charge in [0, 0.05) is 24.8 Å². The Balaban J connectivity index is 2.01. The number of benzene rings is 2. The van der Waals surface area contributed by atoms with E-state index in [2.05, 4.69) is 25.0 Å². The molecule has 0 aliphatic carbocycles. The van der Waals surface area contributed by atoms with Gasteiger partial charge in [-0.25, -0.2) is 4.39 Å². The molecule has 24 heavy (non-hydrogen) atoms. The van der Waals surface area contributed by atoms with Crippen LogP contribution in [0.5, 0.6) is 0 Å². The van der Waals surface area contributed by atoms with Gasteiger partial charge in [0.2, 0.25) is 0 Å². The van der Waals surface area contributed by atoms with E-state index in [1.165, 1.54) is 12.1 Å². The van der Waals surface area contributed by atoms with E-state index in [0.29, 0.717) is 12.5 Å². The van der Waals surface area contributed by atoms with Crippen LogP contribution >= 0.6 is 0 Å². The largest absolute Gasteiger partial charge is 0.326 e. The molecule has 0 radical (unpaired) electrons. The lowest BCUT2D eigenvalue weighted by atomic mass is 9.97. The molecule has 1 heterocycles. The topological polar surface area (TPSA) is 43.8 Å². The first-order valence-corrected chi connectivity index (χ1v) is 8.19. The molecule has 3 nitrogen and oxygen atoms in total. The Morgan fingerprint density at radius 2 is 1.75 bits per heavy atom. The summed E-state index contributed by atoms with van der Waals surface area (Å²) in [5.41, 5.74) is 10.9. The molecule has 0 saturated heterocycles. The Kier molecular flexibility index (Phi) is 4.76. The normalized spacial score (nSPS) is 11.2. The molecule has 0 saturated carbocycles. The van der Waals surface area contributed by atoms with Crippen molar-refractivity contribution in [1.29, 1.82) is 0 Å². The van der Waals surface area contributed by atoms with Gasteiger partial charge in [-0.2, -0.15) is 5.10 Å². The van der Waals surface area contributed by atoms with Crippen LogP contribution in [0, 0.1) is 11.7 Å². The smallest absolute Gasteiger partial charge is 0.123 e. The molecule has 3 rings (SSSR count). The summed E-state index contributed by atoms with van der Waals surface area (Å²) in [5.74, 6) is 0.308. The van der Waals surface area contributed by atoms with E-state index < -0.39 is 0 Å². The first kappa shape index (κ1) is 16.4. The molecule has 0 unspecified atom stereocenters. The molecule has 2 N–H and O–H groups in total. The van der Waals surface area contributed by atoms with Crippen molar-refractivity contribution in [2.45, 2.75) is 26.9 Å². The number of hydrogen-bond acceptors (Lipinski definition) is 2. The van der Waals surface area contributed by atoms with Crippen LogP contribution < -0.4 is 5.73 Å². The number of nitrogens with zero attached hydrogens (tertiary/aromatic N) is 2. The van der Waals surface area contributed by atoms with Crippen molar-refractivity contribution >= 4 is 0 Å². The van der Waals surface area contributed by atoms with E-state index in [9.17, 15) is 4.39 Å². The summed E-state index contributed by atoms with van der Waals surface area (Å²) >= 11 is 0. The molecule has 0 aliphatic heterocycles. The van der Waals surface area contributed by atoms with E-state index in [1.807, 2.05) is 29.1 Å². The molecule has 4 heteroatoms. The summed E-state index contributed by atoms with van der Waals surface area (Å²) in [6.07, 6.45) is 2.00. The fourth-order valence-electron chi connectivity index (χ4n) is 2.80. The Bertz CT molecular complexity index is 819. The SMILES string of the molecule is CC(C)Cn1ccc(-c2cc(-c3ccc(F)cc3)ccc2CN)n1. The quantitative estimate of drug-likeness (QED) is 0.753. The minimum atomic E-state index is -0.231. The number of hydrogen-bond donors (Lipinski definition) is 1. The third-order valence-electron chi connectivity index (χ3n) is 3.98. The highest BCUT2D eigenvalue weighted by molar-refractivity contribution is 5.73. The minimum Gasteiger partial charge on any atom is -0.326 e. The van der Waals surface area contributed by atoms with E-state index in [0.717, 1.165) is 34.5 Å². The minimum absolute atomic E-state index is 0.231. The molecule has 0 spiro atoms. The van der Waals surface area contributed by atoms with Crippen molar-refractivity contribution in [3.05, 3.63) is 66.1 Å². The van der Waals surface area contributed by atoms with E-state index >= 15 is 0 Å². The zero-order valence-electron chi connectivity index (χ0n) is 14.0. The maximum atomic E-state index is 13.1. The predicted molar refractivity (Wildman–Crippen MR) is 95.8 cm³/mol. The monoisotopic (exact) mass is 323 g/mol. The average molecular weight is 323 g/mol. The van der Waals surface area contributed by atoms with Crippen molar-refractivity contribution in [2.24, 2.45) is 11.7 Å². The number of halogens is 1. The van der Waals surface area contributed by atoms with Gasteiger partial charge in [-0.05, 0) is 46.9 Å². The highest BCUT2D eigenvalue weighted by Gasteiger charge is 2.10. The maximum Gasteiger partial charge on any atom is 0.123 e. The predicted octanol–water partition coefficient (Wildman–Crippen LogP) is 4.47. The zero-order chi connectivity index (χ0) is 17.1. The van der Waals surface area contributed by atoms with Crippen LogP contribution in [0.4, 0.5) is 4.39 Å². The van der Waals surface area contributed by atoms with Crippen LogP contribution in [0.15, 0.2) is 54.7 Å². The van der Waals surface area contributed by atoms with Crippen LogP contribution in [0.2, 0.25) is 0 Å². The van der Waals surface area contributed by atoms with Gasteiger partial charge in [0.1, 0.15) is 5.82 Å². The van der Waals surface area contributed by atoms with Gasteiger partial charge in [0.15, 0.2) is 0 Å². The van der Waals surface area contributed by atoms with Crippen molar-refractivity contribution in [3.63, 3.8) is 0 Å². The second-order valence-electron chi connectivity index (χ2n) is 6.40. The lowest BCUT2D eigenvalue weighted by molar-refractivity contribution is 0.484. The molecule has 1 aromatic heterocycles. The first-order valence-electron chi connectivity index (χ1n) is 8.19. The van der Waals surface area contributed by atoms with Gasteiger partial charge in [-0.15, -0.1) is 0 Å². The van der Waals surface area contributed by atoms with Crippen LogP contribution in [0.25, 0.3) is 22.4 Å². The Hall–Kier alpha value is -2.46. The van der Waals surface area contributed by atoms with E-state index in [1.54, 1.807) is 12.1 Å². The number of nitrogens with two attached hydrogens (primary N) is 1. The number of aromatic nitrogens is 2. The summed E-state index contributed by atoms with van der Waals surface area (Å²) in [7, 11) is 0. The molecular formula is C20H22FN3. The first-order chi connectivity index (χ1) is 11.6. The summed E-state index contributed by atoms with van der Waals surface area (Å²) < 4.78 is 15.1. The molecule has 0 aliphatic rings. The van der Waals surface area contributed by atoms with Crippen LogP contribution in [0.1, 0.15) is 19.4 Å². The average Bonchev–Trinajstić information content (AvgIpc) is 3.02. The van der Waals surface area contributed by atoms with Gasteiger partial charge in [0.25, 0.3) is 0 Å². The summed E-state index contributed by atoms with van der Waals surface area (Å²) in [5, 5.41) is 4.68. The van der Waals surface area contributed by atoms with Crippen molar-refractivity contribution < 1.29 is 4.39 Å². The Labute approximate surface area is 141 Å². The number of rotatable bonds is 5. The summed E-state index contributed by atoms with van der Waals surface area (Å²) in [4.78, 5) is 0. The van der Waals surface area contributed by atoms with Crippen LogP contribution in [-0.4, -0.2) is 9.78 Å². The van der Waals surface area contributed by atoms with Gasteiger partial charge < -0.3 is 5.73 Å². The van der Waals surface area contributed by atoms with E-state index in [4.69, 9.17) is 5.73 Å². The summed E-state index contributed by atoms with van der Waals surface area (Å²) in [6, 6.07) is 14.7. The second kappa shape index (κ2) is 6.97. The van der Waals surface area contributed by atoms with Gasteiger partial charge in [-0.1, -0.05) is 38.1 Å². The Morgan fingerprint density at radius 1 is 1.04 bits per heavy atom. The molecule has 0 fully saturated rings. The molecule has 0 bridgehead atoms. The van der Waals surface area contributed by atoms with Crippen molar-refractivity contribution in [2.75, 3.05) is 0 Å². The van der Waals surface area contributed by atoms with Gasteiger partial charge in [0.05, 0.1) is 5.69 Å². The standard InChI is InChI=1S/C20H22FN3/c1-14(2)13-24-10-9-20(23-24)19-11-16(3-4-17(19)12-22)15-5-7-18(21)8-6-15/h3-11,14H,12-13,22H2,1-2H3.